The number of nitrogens with one attached hydrogen (secondary N) is 1. The van der Waals surface area contributed by atoms with Crippen molar-refractivity contribution in [3.63, 3.8) is 0 Å². The summed E-state index contributed by atoms with van der Waals surface area (Å²) in [5, 5.41) is 11.4. The fourth-order valence-electron chi connectivity index (χ4n) is 1.56. The van der Waals surface area contributed by atoms with Crippen LogP contribution in [0.3, 0.4) is 0 Å². The normalized spacial score (nSPS) is 11.2. The minimum atomic E-state index is 0.254. The maximum Gasteiger partial charge on any atom is 0.0918 e. The lowest BCUT2D eigenvalue weighted by Gasteiger charge is -2.26. The van der Waals surface area contributed by atoms with Gasteiger partial charge in [-0.25, -0.2) is 0 Å². The zero-order valence-electron chi connectivity index (χ0n) is 10.1. The Morgan fingerprint density at radius 2 is 2.25 bits per heavy atom. The van der Waals surface area contributed by atoms with Crippen molar-refractivity contribution < 1.29 is 0 Å². The largest absolute Gasteiger partial charge is 0.388 e. The van der Waals surface area contributed by atoms with Crippen LogP contribution in [0, 0.1) is 5.41 Å². The first kappa shape index (κ1) is 12.7. The fourth-order valence-corrected chi connectivity index (χ4v) is 1.56. The molecule has 0 spiro atoms. The first-order chi connectivity index (χ1) is 7.59. The van der Waals surface area contributed by atoms with Gasteiger partial charge in [0.2, 0.25) is 0 Å². The molecule has 0 aliphatic heterocycles. The molecule has 1 heterocycles. The van der Waals surface area contributed by atoms with Crippen LogP contribution in [0.1, 0.15) is 20.3 Å². The first-order valence-corrected chi connectivity index (χ1v) is 5.64. The van der Waals surface area contributed by atoms with Gasteiger partial charge >= 0.3 is 0 Å². The van der Waals surface area contributed by atoms with Crippen LogP contribution >= 0.6 is 0 Å². The molecule has 0 amide bonds. The molecule has 16 heavy (non-hydrogen) atoms. The number of nitrogens with two attached hydrogens (primary N) is 1. The highest BCUT2D eigenvalue weighted by molar-refractivity contribution is 5.76. The molecule has 0 saturated carbocycles. The lowest BCUT2D eigenvalue weighted by atomic mass is 10.2. The van der Waals surface area contributed by atoms with Gasteiger partial charge in [0.05, 0.1) is 12.4 Å². The van der Waals surface area contributed by atoms with Gasteiger partial charge in [-0.1, -0.05) is 0 Å². The zero-order chi connectivity index (χ0) is 12.0. The van der Waals surface area contributed by atoms with Crippen LogP contribution in [0.15, 0.2) is 18.5 Å². The van der Waals surface area contributed by atoms with Gasteiger partial charge in [0.1, 0.15) is 0 Å². The summed E-state index contributed by atoms with van der Waals surface area (Å²) in [6, 6.07) is 2.39. The SMILES string of the molecule is CC(C)N(CCC(=N)N)CCn1cccn1. The molecule has 3 N–H and O–H groups in total. The molecule has 0 atom stereocenters. The number of hydrogen-bond acceptors (Lipinski definition) is 3. The van der Waals surface area contributed by atoms with E-state index in [1.54, 1.807) is 6.20 Å². The average molecular weight is 223 g/mol. The molecular weight excluding hydrogens is 202 g/mol. The van der Waals surface area contributed by atoms with E-state index in [-0.39, 0.29) is 5.84 Å². The Balaban J connectivity index is 2.36. The highest BCUT2D eigenvalue weighted by Gasteiger charge is 2.09. The highest BCUT2D eigenvalue weighted by Crippen LogP contribution is 2.00. The second-order valence-electron chi connectivity index (χ2n) is 4.17. The smallest absolute Gasteiger partial charge is 0.0918 e. The summed E-state index contributed by atoms with van der Waals surface area (Å²) in [5.41, 5.74) is 5.37. The molecule has 0 radical (unpaired) electrons. The minimum Gasteiger partial charge on any atom is -0.388 e. The molecule has 0 aromatic carbocycles. The number of amidine groups is 1. The van der Waals surface area contributed by atoms with E-state index in [1.165, 1.54) is 0 Å². The molecule has 5 nitrogen and oxygen atoms in total. The molecule has 0 bridgehead atoms. The van der Waals surface area contributed by atoms with Gasteiger partial charge < -0.3 is 5.73 Å². The first-order valence-electron chi connectivity index (χ1n) is 5.64. The predicted octanol–water partition coefficient (Wildman–Crippen LogP) is 0.920. The molecule has 0 aliphatic carbocycles. The number of aromatic nitrogens is 2. The van der Waals surface area contributed by atoms with E-state index in [2.05, 4.69) is 23.8 Å². The Labute approximate surface area is 96.7 Å². The molecule has 0 fully saturated rings. The summed E-state index contributed by atoms with van der Waals surface area (Å²) in [5.74, 6) is 0.254. The Hall–Kier alpha value is -1.36. The van der Waals surface area contributed by atoms with E-state index in [4.69, 9.17) is 11.1 Å². The topological polar surface area (TPSA) is 70.9 Å². The molecule has 5 heteroatoms. The van der Waals surface area contributed by atoms with Gasteiger partial charge in [-0.3, -0.25) is 15.0 Å². The van der Waals surface area contributed by atoms with Crippen LogP contribution in [-0.2, 0) is 6.54 Å². The quantitative estimate of drug-likeness (QED) is 0.533. The maximum atomic E-state index is 7.23. The maximum absolute atomic E-state index is 7.23. The van der Waals surface area contributed by atoms with Gasteiger partial charge in [0.25, 0.3) is 0 Å². The molecular formula is C11H21N5. The van der Waals surface area contributed by atoms with Crippen LogP contribution < -0.4 is 5.73 Å². The van der Waals surface area contributed by atoms with Gasteiger partial charge in [-0.15, -0.1) is 0 Å². The van der Waals surface area contributed by atoms with Crippen molar-refractivity contribution >= 4 is 5.84 Å². The van der Waals surface area contributed by atoms with Crippen LogP contribution in [0.25, 0.3) is 0 Å². The van der Waals surface area contributed by atoms with Gasteiger partial charge in [0.15, 0.2) is 0 Å². The lowest BCUT2D eigenvalue weighted by Crippen LogP contribution is -2.36. The number of hydrogen-bond donors (Lipinski definition) is 2. The van der Waals surface area contributed by atoms with Crippen LogP contribution in [0.2, 0.25) is 0 Å². The highest BCUT2D eigenvalue weighted by atomic mass is 15.3. The summed E-state index contributed by atoms with van der Waals surface area (Å²) in [4.78, 5) is 2.31. The Kier molecular flexibility index (Phi) is 4.98. The Morgan fingerprint density at radius 3 is 2.75 bits per heavy atom. The number of nitrogens with zero attached hydrogens (tertiary/aromatic N) is 3. The van der Waals surface area contributed by atoms with Gasteiger partial charge in [-0.2, -0.15) is 5.10 Å². The fraction of sp³-hybridized carbons (Fsp3) is 0.636. The van der Waals surface area contributed by atoms with Crippen molar-refractivity contribution in [1.29, 1.82) is 5.41 Å². The van der Waals surface area contributed by atoms with Crippen molar-refractivity contribution in [3.05, 3.63) is 18.5 Å². The van der Waals surface area contributed by atoms with Crippen molar-refractivity contribution in [2.24, 2.45) is 5.73 Å². The summed E-state index contributed by atoms with van der Waals surface area (Å²) in [6.45, 7) is 6.97. The van der Waals surface area contributed by atoms with Gasteiger partial charge in [0, 0.05) is 37.9 Å². The monoisotopic (exact) mass is 223 g/mol. The molecule has 1 aromatic heterocycles. The van der Waals surface area contributed by atoms with Gasteiger partial charge in [-0.05, 0) is 19.9 Å². The summed E-state index contributed by atoms with van der Waals surface area (Å²) < 4.78 is 1.92. The second-order valence-corrected chi connectivity index (χ2v) is 4.17. The average Bonchev–Trinajstić information content (AvgIpc) is 2.69. The lowest BCUT2D eigenvalue weighted by molar-refractivity contribution is 0.216. The summed E-state index contributed by atoms with van der Waals surface area (Å²) in [6.07, 6.45) is 4.38. The Bertz CT molecular complexity index is 304. The molecule has 1 aromatic rings. The molecule has 0 aliphatic rings. The van der Waals surface area contributed by atoms with Crippen molar-refractivity contribution in [1.82, 2.24) is 14.7 Å². The van der Waals surface area contributed by atoms with E-state index in [0.717, 1.165) is 19.6 Å². The zero-order valence-corrected chi connectivity index (χ0v) is 10.1. The summed E-state index contributed by atoms with van der Waals surface area (Å²) in [7, 11) is 0. The van der Waals surface area contributed by atoms with Crippen molar-refractivity contribution in [3.8, 4) is 0 Å². The van der Waals surface area contributed by atoms with E-state index in [1.807, 2.05) is 16.9 Å². The molecule has 90 valence electrons. The predicted molar refractivity (Wildman–Crippen MR) is 65.5 cm³/mol. The van der Waals surface area contributed by atoms with Crippen LogP contribution in [0.4, 0.5) is 0 Å². The standard InChI is InChI=1S/C11H21N5/c1-10(2)15(7-4-11(12)13)8-9-16-6-3-5-14-16/h3,5-6,10H,4,7-9H2,1-2H3,(H3,12,13). The van der Waals surface area contributed by atoms with Crippen LogP contribution in [-0.4, -0.2) is 39.6 Å². The van der Waals surface area contributed by atoms with E-state index in [0.29, 0.717) is 12.5 Å². The molecule has 1 rings (SSSR count). The molecule has 0 saturated heterocycles. The van der Waals surface area contributed by atoms with E-state index in [9.17, 15) is 0 Å². The third kappa shape index (κ3) is 4.44. The van der Waals surface area contributed by atoms with Crippen molar-refractivity contribution in [2.45, 2.75) is 32.9 Å². The Morgan fingerprint density at radius 1 is 1.50 bits per heavy atom. The van der Waals surface area contributed by atoms with E-state index >= 15 is 0 Å². The third-order valence-corrected chi connectivity index (χ3v) is 2.57. The molecule has 0 unspecified atom stereocenters. The summed E-state index contributed by atoms with van der Waals surface area (Å²) >= 11 is 0. The van der Waals surface area contributed by atoms with E-state index < -0.39 is 0 Å². The third-order valence-electron chi connectivity index (χ3n) is 2.57. The van der Waals surface area contributed by atoms with Crippen molar-refractivity contribution in [2.75, 3.05) is 13.1 Å². The van der Waals surface area contributed by atoms with Crippen LogP contribution in [0.5, 0.6) is 0 Å². The minimum absolute atomic E-state index is 0.254. The second kappa shape index (κ2) is 6.27. The number of rotatable bonds is 7.